The van der Waals surface area contributed by atoms with Gasteiger partial charge in [-0.3, -0.25) is 48.5 Å². The molecule has 0 radical (unpaired) electrons. The van der Waals surface area contributed by atoms with E-state index in [4.69, 9.17) is 29.5 Å². The zero-order valence-corrected chi connectivity index (χ0v) is 72.3. The predicted octanol–water partition coefficient (Wildman–Crippen LogP) is 1.92. The van der Waals surface area contributed by atoms with Crippen molar-refractivity contribution in [2.75, 3.05) is 29.2 Å². The van der Waals surface area contributed by atoms with E-state index in [1.54, 1.807) is 59.5 Å². The molecular weight excluding hydrogens is 1590 g/mol. The van der Waals surface area contributed by atoms with Crippen LogP contribution in [0.15, 0.2) is 145 Å². The van der Waals surface area contributed by atoms with Gasteiger partial charge in [0.15, 0.2) is 0 Å². The maximum atomic E-state index is 13.1. The normalized spacial score (nSPS) is 17.1. The monoisotopic (exact) mass is 1650 g/mol. The van der Waals surface area contributed by atoms with Crippen LogP contribution in [0.4, 0.5) is 17.1 Å². The summed E-state index contributed by atoms with van der Waals surface area (Å²) < 4.78 is 54.8. The third kappa shape index (κ3) is 23.0. The van der Waals surface area contributed by atoms with Crippen molar-refractivity contribution < 1.29 is 169 Å². The van der Waals surface area contributed by atoms with Crippen molar-refractivity contribution >= 4 is 122 Å². The van der Waals surface area contributed by atoms with Crippen molar-refractivity contribution in [2.45, 2.75) is 122 Å². The standard InChI is InChI=1S/2C22H24N7O6PS.C22H23N7O2S.Ca.2K/c2*1-2-34-16-7-15(8-16)29-11-18(20(27-29)17-5-3-4-6-23-17)25-21(30)19-12-37-22(26-19)14-9-24-28(10-14)13-35-36(31,32)33;1-13(2)31-16-7-15(8-16)29-11-18(20(28-29)17-5-3-4-6-23-17)26-21(30)19-12-32-22(27-19)14-9-24-25-10-14;;;/h2*3-6,9-12,15-16H,2,7-8,13H2,1H3,(H,25,30)(H2,31,32,33);3-6,9-13,15-16H,7-8H2,1-2H3,(H,24,25)(H,26,30);;;/q;;;+2;2*+1/p-4. The first-order chi connectivity index (χ1) is 51.1. The van der Waals surface area contributed by atoms with Crippen LogP contribution in [0.5, 0.6) is 0 Å². The van der Waals surface area contributed by atoms with Crippen LogP contribution in [-0.2, 0) is 45.8 Å². The minimum absolute atomic E-state index is 0. The molecule has 552 valence electrons. The fourth-order valence-electron chi connectivity index (χ4n) is 11.4. The molecule has 4 N–H and O–H groups in total. The Morgan fingerprint density at radius 1 is 0.532 bits per heavy atom. The number of pyridine rings is 3. The van der Waals surface area contributed by atoms with Crippen LogP contribution in [0.3, 0.4) is 0 Å². The quantitative estimate of drug-likeness (QED) is 0.0422. The molecule has 3 amide bonds. The Labute approximate surface area is 749 Å². The second-order valence-corrected chi connectivity index (χ2v) is 29.4. The average molecular weight is 1650 g/mol. The minimum Gasteiger partial charge on any atom is -0.790 e. The molecule has 35 nitrogen and oxygen atoms in total. The molecule has 12 aromatic heterocycles. The van der Waals surface area contributed by atoms with E-state index in [0.29, 0.717) is 91.3 Å². The Morgan fingerprint density at radius 2 is 0.890 bits per heavy atom. The summed E-state index contributed by atoms with van der Waals surface area (Å²) in [5.74, 6) is -1.13. The number of amides is 3. The van der Waals surface area contributed by atoms with Crippen LogP contribution in [0.25, 0.3) is 65.9 Å². The van der Waals surface area contributed by atoms with Gasteiger partial charge < -0.3 is 67.9 Å². The number of rotatable bonds is 27. The molecule has 0 saturated heterocycles. The Hall–Kier alpha value is -5.36. The summed E-state index contributed by atoms with van der Waals surface area (Å²) in [6, 6.07) is 17.2. The number of hydrogen-bond donors (Lipinski definition) is 4. The van der Waals surface area contributed by atoms with Crippen molar-refractivity contribution in [3.05, 3.63) is 162 Å². The van der Waals surface area contributed by atoms with Crippen LogP contribution in [0.2, 0.25) is 0 Å². The number of nitrogens with one attached hydrogen (secondary N) is 4. The van der Waals surface area contributed by atoms with Gasteiger partial charge in [0.05, 0.1) is 111 Å². The summed E-state index contributed by atoms with van der Waals surface area (Å²) in [7, 11) is -10.2. The Kier molecular flexibility index (Phi) is 31.3. The first-order valence-corrected chi connectivity index (χ1v) is 38.8. The van der Waals surface area contributed by atoms with Crippen LogP contribution >= 0.6 is 49.7 Å². The maximum Gasteiger partial charge on any atom is 2.00 e. The van der Waals surface area contributed by atoms with Crippen LogP contribution in [-0.4, -0.2) is 182 Å². The van der Waals surface area contributed by atoms with E-state index < -0.39 is 40.9 Å². The van der Waals surface area contributed by atoms with Gasteiger partial charge in [0.1, 0.15) is 62.6 Å². The number of phosphoric acid groups is 2. The molecule has 3 aliphatic rings. The number of phosphoric ester groups is 2. The van der Waals surface area contributed by atoms with E-state index in [2.05, 4.69) is 75.3 Å². The van der Waals surface area contributed by atoms with Crippen molar-refractivity contribution in [2.24, 2.45) is 0 Å². The largest absolute Gasteiger partial charge is 2.00 e. The van der Waals surface area contributed by atoms with Gasteiger partial charge >= 0.3 is 141 Å². The number of carbonyl (C=O) groups excluding carboxylic acids is 3. The van der Waals surface area contributed by atoms with Gasteiger partial charge in [0, 0.05) is 102 Å². The SMILES string of the molecule is CC(C)OC1CC(n2cc(NC(=O)c3csc(-c4cn[nH]c4)n3)c(-c3ccccn3)n2)C1.CCOC1CC(n2cc(NC(=O)c3csc(-c4cnn(COP(=O)([O-])[O-])c4)n3)c(-c3ccccn3)n2)C1.CCOC1CC(n2cc(NC(=O)c3csc(-c4cnn(COP(=O)([O-])[O-])c4)n3)c(-c3ccccn3)n2)C1.[Ca+2].[K+].[K+]. The number of aromatic nitrogens is 18. The van der Waals surface area contributed by atoms with Crippen molar-refractivity contribution in [3.63, 3.8) is 0 Å². The van der Waals surface area contributed by atoms with E-state index >= 15 is 0 Å². The number of carbonyl (C=O) groups is 3. The summed E-state index contributed by atoms with van der Waals surface area (Å²) >= 11 is 3.83. The van der Waals surface area contributed by atoms with Gasteiger partial charge in [-0.25, -0.2) is 24.3 Å². The van der Waals surface area contributed by atoms with Gasteiger partial charge in [-0.05, 0) is 103 Å². The molecule has 0 aliphatic heterocycles. The van der Waals surface area contributed by atoms with Gasteiger partial charge in [-0.2, -0.15) is 30.6 Å². The molecule has 3 fully saturated rings. The molecule has 12 heterocycles. The predicted molar refractivity (Wildman–Crippen MR) is 385 cm³/mol. The van der Waals surface area contributed by atoms with Crippen molar-refractivity contribution in [1.29, 1.82) is 0 Å². The van der Waals surface area contributed by atoms with Crippen molar-refractivity contribution in [1.82, 2.24) is 89.0 Å². The Balaban J connectivity index is 0.000000172. The molecule has 3 saturated carbocycles. The minimum atomic E-state index is -5.12. The van der Waals surface area contributed by atoms with Crippen LogP contribution in [0, 0.1) is 0 Å². The molecule has 0 unspecified atom stereocenters. The van der Waals surface area contributed by atoms with E-state index in [1.807, 2.05) is 103 Å². The third-order valence-corrected chi connectivity index (χ3v) is 20.2. The fraction of sp³-hybridized carbons (Fsp3) is 0.318. The molecule has 15 rings (SSSR count). The number of aromatic amines is 1. The van der Waals surface area contributed by atoms with Gasteiger partial charge in [-0.1, -0.05) is 18.2 Å². The van der Waals surface area contributed by atoms with Crippen LogP contribution in [0.1, 0.15) is 116 Å². The molecular formula is C66H67CaK2N21O14P2S3. The third-order valence-electron chi connectivity index (χ3n) is 16.7. The summed E-state index contributed by atoms with van der Waals surface area (Å²) in [6.45, 7) is 8.29. The zero-order chi connectivity index (χ0) is 74.1. The van der Waals surface area contributed by atoms with Crippen molar-refractivity contribution in [3.8, 4) is 65.9 Å². The second-order valence-electron chi connectivity index (χ2n) is 24.5. The number of H-pyrrole nitrogens is 1. The Morgan fingerprint density at radius 3 is 1.20 bits per heavy atom. The molecule has 3 aliphatic carbocycles. The molecule has 0 spiro atoms. The van der Waals surface area contributed by atoms with Gasteiger partial charge in [0.2, 0.25) is 0 Å². The molecule has 12 aromatic rings. The first-order valence-electron chi connectivity index (χ1n) is 33.2. The molecule has 0 bridgehead atoms. The summed E-state index contributed by atoms with van der Waals surface area (Å²) in [4.78, 5) is 108. The number of ether oxygens (including phenoxy) is 3. The molecule has 109 heavy (non-hydrogen) atoms. The number of hydrogen-bond acceptors (Lipinski definition) is 29. The first kappa shape index (κ1) is 86.1. The smallest absolute Gasteiger partial charge is 0.790 e. The van der Waals surface area contributed by atoms with Crippen LogP contribution < -0.4 is 138 Å². The summed E-state index contributed by atoms with van der Waals surface area (Å²) in [5.41, 5.74) is 8.00. The average Bonchev–Trinajstić information content (AvgIpc) is 1.69. The zero-order valence-electron chi connectivity index (χ0n) is 59.6. The Bertz CT molecular complexity index is 4840. The van der Waals surface area contributed by atoms with Gasteiger partial charge in [-0.15, -0.1) is 34.0 Å². The molecule has 0 aromatic carbocycles. The van der Waals surface area contributed by atoms with E-state index in [0.717, 1.165) is 58.5 Å². The topological polar surface area (TPSA) is 455 Å². The van der Waals surface area contributed by atoms with E-state index in [9.17, 15) is 43.1 Å². The maximum absolute atomic E-state index is 13.1. The summed E-state index contributed by atoms with van der Waals surface area (Å²) in [5, 5.41) is 44.2. The van der Waals surface area contributed by atoms with E-state index in [1.165, 1.54) is 58.8 Å². The molecule has 0 atom stereocenters. The number of thiazole rings is 3. The fourth-order valence-corrected chi connectivity index (χ4v) is 14.2. The number of anilines is 3. The second kappa shape index (κ2) is 39.6. The van der Waals surface area contributed by atoms with Gasteiger partial charge in [0.25, 0.3) is 17.7 Å². The number of nitrogens with zero attached hydrogens (tertiary/aromatic N) is 17. The summed E-state index contributed by atoms with van der Waals surface area (Å²) in [6.07, 6.45) is 25.8. The van der Waals surface area contributed by atoms with E-state index in [-0.39, 0.29) is 200 Å². The molecule has 43 heteroatoms.